The van der Waals surface area contributed by atoms with Crippen LogP contribution in [0.25, 0.3) is 0 Å². The van der Waals surface area contributed by atoms with Crippen molar-refractivity contribution in [2.75, 3.05) is 13.2 Å². The van der Waals surface area contributed by atoms with Crippen LogP contribution in [-0.2, 0) is 28.6 Å². The van der Waals surface area contributed by atoms with Crippen LogP contribution in [0.2, 0.25) is 0 Å². The molecule has 6 heteroatoms. The number of hydrogen-bond acceptors (Lipinski definition) is 6. The van der Waals surface area contributed by atoms with Crippen molar-refractivity contribution >= 4 is 17.9 Å². The van der Waals surface area contributed by atoms with E-state index in [4.69, 9.17) is 14.2 Å². The van der Waals surface area contributed by atoms with Crippen LogP contribution in [0, 0.1) is 53.3 Å². The Bertz CT molecular complexity index is 674. The minimum Gasteiger partial charge on any atom is -0.462 e. The summed E-state index contributed by atoms with van der Waals surface area (Å²) >= 11 is 0. The van der Waals surface area contributed by atoms with Crippen molar-refractivity contribution < 1.29 is 28.6 Å². The zero-order chi connectivity index (χ0) is 18.9. The van der Waals surface area contributed by atoms with E-state index >= 15 is 0 Å². The first kappa shape index (κ1) is 17.5. The first-order chi connectivity index (χ1) is 12.9. The molecule has 0 amide bonds. The zero-order valence-corrected chi connectivity index (χ0v) is 16.0. The van der Waals surface area contributed by atoms with Crippen LogP contribution in [0.5, 0.6) is 0 Å². The lowest BCUT2D eigenvalue weighted by Gasteiger charge is -2.42. The molecular weight excluding hydrogens is 348 g/mol. The topological polar surface area (TPSA) is 78.9 Å². The molecular formula is C21H28O6. The number of carbonyl (C=O) groups excluding carboxylic acids is 3. The highest BCUT2D eigenvalue weighted by Gasteiger charge is 2.66. The van der Waals surface area contributed by atoms with Crippen LogP contribution >= 0.6 is 0 Å². The van der Waals surface area contributed by atoms with E-state index in [0.29, 0.717) is 17.8 Å². The van der Waals surface area contributed by atoms with Gasteiger partial charge in [0, 0.05) is 0 Å². The SMILES string of the molecule is CC1C(C)C2CC1C1C3CC(C(=O)OCC(=O)OC4COC(=O)C4)C(C3)C21. The summed E-state index contributed by atoms with van der Waals surface area (Å²) in [7, 11) is 0. The summed E-state index contributed by atoms with van der Waals surface area (Å²) in [6.45, 7) is 4.52. The molecule has 4 aliphatic carbocycles. The molecule has 0 N–H and O–H groups in total. The average Bonchev–Trinajstić information content (AvgIpc) is 3.41. The van der Waals surface area contributed by atoms with E-state index in [1.807, 2.05) is 0 Å². The number of rotatable bonds is 4. The summed E-state index contributed by atoms with van der Waals surface area (Å²) in [5, 5.41) is 0. The van der Waals surface area contributed by atoms with Gasteiger partial charge in [-0.2, -0.15) is 0 Å². The van der Waals surface area contributed by atoms with Crippen LogP contribution in [-0.4, -0.2) is 37.2 Å². The van der Waals surface area contributed by atoms with Crippen LogP contribution in [0.4, 0.5) is 0 Å². The van der Waals surface area contributed by atoms with Crippen molar-refractivity contribution in [3.05, 3.63) is 0 Å². The van der Waals surface area contributed by atoms with Gasteiger partial charge in [-0.05, 0) is 66.6 Å². The second-order valence-electron chi connectivity index (χ2n) is 9.54. The molecule has 0 aromatic heterocycles. The van der Waals surface area contributed by atoms with Crippen molar-refractivity contribution in [1.29, 1.82) is 0 Å². The molecule has 5 fully saturated rings. The van der Waals surface area contributed by atoms with Gasteiger partial charge in [-0.25, -0.2) is 4.79 Å². The third-order valence-electron chi connectivity index (χ3n) is 8.60. The summed E-state index contributed by atoms with van der Waals surface area (Å²) in [5.74, 6) is 4.56. The minimum atomic E-state index is -0.602. The summed E-state index contributed by atoms with van der Waals surface area (Å²) in [6.07, 6.45) is 2.96. The van der Waals surface area contributed by atoms with Gasteiger partial charge in [-0.15, -0.1) is 0 Å². The Kier molecular flexibility index (Phi) is 4.03. The van der Waals surface area contributed by atoms with E-state index < -0.39 is 12.1 Å². The lowest BCUT2D eigenvalue weighted by Crippen LogP contribution is -2.41. The minimum absolute atomic E-state index is 0.0534. The van der Waals surface area contributed by atoms with Gasteiger partial charge in [0.15, 0.2) is 6.61 Å². The molecule has 27 heavy (non-hydrogen) atoms. The molecule has 0 spiro atoms. The maximum atomic E-state index is 12.7. The molecule has 1 heterocycles. The second-order valence-corrected chi connectivity index (χ2v) is 9.54. The standard InChI is InChI=1S/C21H28O6/c1-9-10(2)14-6-13(9)19-11-3-15(20(14)19)16(4-11)21(24)26-8-18(23)27-12-5-17(22)25-7-12/h9-16,19-20H,3-8H2,1-2H3. The summed E-state index contributed by atoms with van der Waals surface area (Å²) < 4.78 is 15.2. The number of carbonyl (C=O) groups is 3. The van der Waals surface area contributed by atoms with Crippen molar-refractivity contribution in [3.8, 4) is 0 Å². The van der Waals surface area contributed by atoms with Crippen LogP contribution < -0.4 is 0 Å². The molecule has 4 bridgehead atoms. The van der Waals surface area contributed by atoms with Crippen LogP contribution in [0.1, 0.15) is 39.5 Å². The number of hydrogen-bond donors (Lipinski definition) is 0. The third-order valence-corrected chi connectivity index (χ3v) is 8.60. The molecule has 1 saturated heterocycles. The van der Waals surface area contributed by atoms with Crippen LogP contribution in [0.15, 0.2) is 0 Å². The average molecular weight is 376 g/mol. The molecule has 5 rings (SSSR count). The van der Waals surface area contributed by atoms with Gasteiger partial charge in [-0.1, -0.05) is 13.8 Å². The van der Waals surface area contributed by atoms with E-state index in [-0.39, 0.29) is 37.5 Å². The molecule has 4 saturated carbocycles. The summed E-state index contributed by atoms with van der Waals surface area (Å²) in [6, 6.07) is 0. The molecule has 148 valence electrons. The number of ether oxygens (including phenoxy) is 3. The highest BCUT2D eigenvalue weighted by molar-refractivity contribution is 5.79. The summed E-state index contributed by atoms with van der Waals surface area (Å²) in [4.78, 5) is 35.6. The van der Waals surface area contributed by atoms with Gasteiger partial charge in [0.1, 0.15) is 12.7 Å². The predicted octanol–water partition coefficient (Wildman–Crippen LogP) is 2.20. The lowest BCUT2D eigenvalue weighted by atomic mass is 9.62. The third kappa shape index (κ3) is 2.62. The van der Waals surface area contributed by atoms with Gasteiger partial charge < -0.3 is 14.2 Å². The van der Waals surface area contributed by atoms with Crippen molar-refractivity contribution in [2.45, 2.75) is 45.6 Å². The van der Waals surface area contributed by atoms with E-state index in [9.17, 15) is 14.4 Å². The van der Waals surface area contributed by atoms with Crippen molar-refractivity contribution in [2.24, 2.45) is 53.3 Å². The molecule has 10 unspecified atom stereocenters. The van der Waals surface area contributed by atoms with Gasteiger partial charge in [0.05, 0.1) is 12.3 Å². The van der Waals surface area contributed by atoms with E-state index in [2.05, 4.69) is 13.8 Å². The molecule has 0 radical (unpaired) electrons. The highest BCUT2D eigenvalue weighted by Crippen LogP contribution is 2.71. The van der Waals surface area contributed by atoms with E-state index in [1.165, 1.54) is 6.42 Å². The quantitative estimate of drug-likeness (QED) is 0.425. The molecule has 0 aromatic carbocycles. The van der Waals surface area contributed by atoms with Gasteiger partial charge >= 0.3 is 17.9 Å². The Morgan fingerprint density at radius 3 is 2.48 bits per heavy atom. The molecule has 5 aliphatic rings. The lowest BCUT2D eigenvalue weighted by molar-refractivity contribution is -0.166. The number of esters is 3. The van der Waals surface area contributed by atoms with Gasteiger partial charge in [0.25, 0.3) is 0 Å². The van der Waals surface area contributed by atoms with E-state index in [1.54, 1.807) is 0 Å². The monoisotopic (exact) mass is 376 g/mol. The van der Waals surface area contributed by atoms with E-state index in [0.717, 1.165) is 42.4 Å². The maximum Gasteiger partial charge on any atom is 0.344 e. The van der Waals surface area contributed by atoms with Crippen molar-refractivity contribution in [1.82, 2.24) is 0 Å². The summed E-state index contributed by atoms with van der Waals surface area (Å²) in [5.41, 5.74) is 0. The fourth-order valence-corrected chi connectivity index (χ4v) is 7.52. The first-order valence-corrected chi connectivity index (χ1v) is 10.5. The Morgan fingerprint density at radius 1 is 1.04 bits per heavy atom. The molecule has 6 nitrogen and oxygen atoms in total. The smallest absolute Gasteiger partial charge is 0.344 e. The van der Waals surface area contributed by atoms with Gasteiger partial charge in [-0.3, -0.25) is 9.59 Å². The second kappa shape index (κ2) is 6.21. The Labute approximate surface area is 159 Å². The van der Waals surface area contributed by atoms with Gasteiger partial charge in [0.2, 0.25) is 0 Å². The Hall–Kier alpha value is -1.59. The maximum absolute atomic E-state index is 12.7. The largest absolute Gasteiger partial charge is 0.462 e. The molecule has 1 aliphatic heterocycles. The fraction of sp³-hybridized carbons (Fsp3) is 0.857. The van der Waals surface area contributed by atoms with Crippen LogP contribution in [0.3, 0.4) is 0 Å². The number of cyclic esters (lactones) is 1. The Morgan fingerprint density at radius 2 is 1.78 bits per heavy atom. The van der Waals surface area contributed by atoms with Crippen molar-refractivity contribution in [3.63, 3.8) is 0 Å². The zero-order valence-electron chi connectivity index (χ0n) is 16.0. The number of fused-ring (bicyclic) bond motifs is 9. The normalized spacial score (nSPS) is 49.2. The fourth-order valence-electron chi connectivity index (χ4n) is 7.52. The predicted molar refractivity (Wildman–Crippen MR) is 93.0 cm³/mol. The Balaban J connectivity index is 1.16. The molecule has 0 aromatic rings. The first-order valence-electron chi connectivity index (χ1n) is 10.5. The highest BCUT2D eigenvalue weighted by atomic mass is 16.6. The molecule has 10 atom stereocenters.